The number of hydrogen-bond donors (Lipinski definition) is 1. The van der Waals surface area contributed by atoms with E-state index in [4.69, 9.17) is 5.26 Å². The molecule has 4 nitrogen and oxygen atoms in total. The molecule has 0 spiro atoms. The van der Waals surface area contributed by atoms with Gasteiger partial charge in [-0.05, 0) is 0 Å². The SMILES string of the molecule is C=CN=C(C#N)NC=O. The Hall–Kier alpha value is -1.63. The van der Waals surface area contributed by atoms with E-state index in [-0.39, 0.29) is 5.84 Å². The lowest BCUT2D eigenvalue weighted by Crippen LogP contribution is -2.18. The van der Waals surface area contributed by atoms with Crippen molar-refractivity contribution in [1.29, 1.82) is 5.26 Å². The molecule has 0 fully saturated rings. The highest BCUT2D eigenvalue weighted by molar-refractivity contribution is 6.02. The van der Waals surface area contributed by atoms with Crippen LogP contribution in [0.5, 0.6) is 0 Å². The van der Waals surface area contributed by atoms with Crippen LogP contribution in [0.4, 0.5) is 0 Å². The van der Waals surface area contributed by atoms with Gasteiger partial charge in [-0.15, -0.1) is 0 Å². The minimum Gasteiger partial charge on any atom is -0.304 e. The van der Waals surface area contributed by atoms with Gasteiger partial charge in [-0.3, -0.25) is 4.79 Å². The van der Waals surface area contributed by atoms with Crippen LogP contribution in [0.15, 0.2) is 17.8 Å². The Morgan fingerprint density at radius 3 is 2.89 bits per heavy atom. The van der Waals surface area contributed by atoms with Gasteiger partial charge in [0.15, 0.2) is 0 Å². The van der Waals surface area contributed by atoms with Crippen LogP contribution >= 0.6 is 0 Å². The van der Waals surface area contributed by atoms with Crippen LogP contribution in [0.2, 0.25) is 0 Å². The van der Waals surface area contributed by atoms with Crippen molar-refractivity contribution in [3.8, 4) is 6.07 Å². The second-order valence-corrected chi connectivity index (χ2v) is 1.03. The van der Waals surface area contributed by atoms with Gasteiger partial charge in [0.25, 0.3) is 0 Å². The van der Waals surface area contributed by atoms with Gasteiger partial charge in [0.2, 0.25) is 12.2 Å². The Labute approximate surface area is 52.5 Å². The molecule has 0 heterocycles. The molecule has 0 aliphatic carbocycles. The summed E-state index contributed by atoms with van der Waals surface area (Å²) in [7, 11) is 0. The summed E-state index contributed by atoms with van der Waals surface area (Å²) in [6.45, 7) is 3.24. The van der Waals surface area contributed by atoms with Gasteiger partial charge >= 0.3 is 0 Å². The molecule has 0 rings (SSSR count). The van der Waals surface area contributed by atoms with Crippen molar-refractivity contribution >= 4 is 12.2 Å². The molecule has 0 radical (unpaired) electrons. The zero-order valence-corrected chi connectivity index (χ0v) is 4.66. The highest BCUT2D eigenvalue weighted by atomic mass is 16.1. The molecule has 0 aliphatic heterocycles. The summed E-state index contributed by atoms with van der Waals surface area (Å²) in [4.78, 5) is 13.1. The van der Waals surface area contributed by atoms with Gasteiger partial charge in [0, 0.05) is 6.20 Å². The first kappa shape index (κ1) is 7.37. The number of rotatable bonds is 2. The Kier molecular flexibility index (Phi) is 3.71. The number of carbonyl (C=O) groups excluding carboxylic acids is 1. The van der Waals surface area contributed by atoms with E-state index in [9.17, 15) is 4.79 Å². The number of nitrogens with one attached hydrogen (secondary N) is 1. The van der Waals surface area contributed by atoms with E-state index in [1.807, 2.05) is 0 Å². The van der Waals surface area contributed by atoms with Crippen molar-refractivity contribution in [3.05, 3.63) is 12.8 Å². The van der Waals surface area contributed by atoms with Crippen LogP contribution in [0.3, 0.4) is 0 Å². The highest BCUT2D eigenvalue weighted by Gasteiger charge is 1.87. The van der Waals surface area contributed by atoms with Crippen LogP contribution in [-0.4, -0.2) is 12.2 Å². The second kappa shape index (κ2) is 4.53. The minimum absolute atomic E-state index is 0.0556. The third-order valence-electron chi connectivity index (χ3n) is 0.522. The van der Waals surface area contributed by atoms with Crippen molar-refractivity contribution in [2.75, 3.05) is 0 Å². The monoisotopic (exact) mass is 123 g/mol. The Morgan fingerprint density at radius 2 is 2.56 bits per heavy atom. The molecular formula is C5H5N3O. The number of amides is 1. The first-order chi connectivity index (χ1) is 4.35. The van der Waals surface area contributed by atoms with E-state index in [1.54, 1.807) is 6.07 Å². The second-order valence-electron chi connectivity index (χ2n) is 1.03. The van der Waals surface area contributed by atoms with Crippen LogP contribution in [0.25, 0.3) is 0 Å². The predicted octanol–water partition coefficient (Wildman–Crippen LogP) is -0.202. The van der Waals surface area contributed by atoms with Crippen LogP contribution < -0.4 is 5.32 Å². The molecule has 46 valence electrons. The topological polar surface area (TPSA) is 65.2 Å². The van der Waals surface area contributed by atoms with Crippen LogP contribution in [0.1, 0.15) is 0 Å². The predicted molar refractivity (Wildman–Crippen MR) is 32.4 cm³/mol. The average Bonchev–Trinajstić information content (AvgIpc) is 1.88. The molecule has 4 heteroatoms. The Balaban J connectivity index is 4.00. The minimum atomic E-state index is -0.0556. The summed E-state index contributed by atoms with van der Waals surface area (Å²) in [5.74, 6) is -0.0556. The maximum atomic E-state index is 9.67. The molecule has 0 aromatic heterocycles. The van der Waals surface area contributed by atoms with Gasteiger partial charge in [0.1, 0.15) is 6.07 Å². The number of hydrogen-bond acceptors (Lipinski definition) is 3. The molecule has 0 bridgehead atoms. The molecule has 0 aliphatic rings. The fraction of sp³-hybridized carbons (Fsp3) is 0. The number of carbonyl (C=O) groups is 1. The quantitative estimate of drug-likeness (QED) is 0.314. The average molecular weight is 123 g/mol. The lowest BCUT2D eigenvalue weighted by molar-refractivity contribution is -0.108. The van der Waals surface area contributed by atoms with Crippen molar-refractivity contribution in [3.63, 3.8) is 0 Å². The summed E-state index contributed by atoms with van der Waals surface area (Å²) in [5, 5.41) is 10.2. The number of nitriles is 1. The maximum Gasteiger partial charge on any atom is 0.213 e. The van der Waals surface area contributed by atoms with Gasteiger partial charge in [-0.2, -0.15) is 5.26 Å². The zero-order chi connectivity index (χ0) is 7.11. The van der Waals surface area contributed by atoms with Crippen molar-refractivity contribution < 1.29 is 4.79 Å². The first-order valence-corrected chi connectivity index (χ1v) is 2.14. The third kappa shape index (κ3) is 3.00. The van der Waals surface area contributed by atoms with Crippen molar-refractivity contribution in [2.24, 2.45) is 4.99 Å². The molecular weight excluding hydrogens is 118 g/mol. The van der Waals surface area contributed by atoms with Crippen LogP contribution in [-0.2, 0) is 4.79 Å². The van der Waals surface area contributed by atoms with E-state index >= 15 is 0 Å². The zero-order valence-electron chi connectivity index (χ0n) is 4.66. The molecule has 0 aromatic rings. The first-order valence-electron chi connectivity index (χ1n) is 2.14. The normalized spacial score (nSPS) is 9.44. The number of nitrogens with zero attached hydrogens (tertiary/aromatic N) is 2. The molecule has 0 saturated carbocycles. The number of amidine groups is 1. The lowest BCUT2D eigenvalue weighted by atomic mass is 10.6. The van der Waals surface area contributed by atoms with Crippen LogP contribution in [0, 0.1) is 11.3 Å². The number of aliphatic imine (C=N–C) groups is 1. The van der Waals surface area contributed by atoms with Gasteiger partial charge < -0.3 is 5.32 Å². The van der Waals surface area contributed by atoms with E-state index in [1.165, 1.54) is 6.20 Å². The van der Waals surface area contributed by atoms with Gasteiger partial charge in [-0.25, -0.2) is 4.99 Å². The van der Waals surface area contributed by atoms with E-state index in [0.29, 0.717) is 6.41 Å². The van der Waals surface area contributed by atoms with E-state index < -0.39 is 0 Å². The lowest BCUT2D eigenvalue weighted by Gasteiger charge is -1.86. The third-order valence-corrected chi connectivity index (χ3v) is 0.522. The summed E-state index contributed by atoms with van der Waals surface area (Å²) < 4.78 is 0. The van der Waals surface area contributed by atoms with E-state index in [0.717, 1.165) is 0 Å². The largest absolute Gasteiger partial charge is 0.304 e. The van der Waals surface area contributed by atoms with Crippen molar-refractivity contribution in [2.45, 2.75) is 0 Å². The molecule has 0 saturated heterocycles. The molecule has 0 unspecified atom stereocenters. The summed E-state index contributed by atoms with van der Waals surface area (Å²) >= 11 is 0. The summed E-state index contributed by atoms with van der Waals surface area (Å²) in [5.41, 5.74) is 0. The Morgan fingerprint density at radius 1 is 1.89 bits per heavy atom. The fourth-order valence-electron chi connectivity index (χ4n) is 0.246. The summed E-state index contributed by atoms with van der Waals surface area (Å²) in [6, 6.07) is 1.64. The Bertz CT molecular complexity index is 177. The summed E-state index contributed by atoms with van der Waals surface area (Å²) in [6.07, 6.45) is 1.56. The molecule has 0 atom stereocenters. The van der Waals surface area contributed by atoms with Gasteiger partial charge in [-0.1, -0.05) is 6.58 Å². The van der Waals surface area contributed by atoms with Gasteiger partial charge in [0.05, 0.1) is 0 Å². The molecule has 0 aromatic carbocycles. The van der Waals surface area contributed by atoms with E-state index in [2.05, 4.69) is 16.9 Å². The maximum absolute atomic E-state index is 9.67. The van der Waals surface area contributed by atoms with Crippen molar-refractivity contribution in [1.82, 2.24) is 5.32 Å². The standard InChI is InChI=1S/C5H5N3O/c1-2-7-5(3-6)8-4-9/h2,4H,1H2,(H,7,8,9). The molecule has 9 heavy (non-hydrogen) atoms. The highest BCUT2D eigenvalue weighted by Crippen LogP contribution is 1.69. The molecule has 1 amide bonds. The molecule has 1 N–H and O–H groups in total. The fourth-order valence-corrected chi connectivity index (χ4v) is 0.246. The smallest absolute Gasteiger partial charge is 0.213 e.